The number of fused-ring (bicyclic) bond motifs is 3. The number of carbonyl (C=O) groups is 2. The maximum Gasteiger partial charge on any atom is 0.259 e. The SMILES string of the molecule is COc1ccc2c(c1)C(C(=O)NC1CCCCC1)N(C(=O)c1ccccc1)c1ccc(Cl)cc1-2. The van der Waals surface area contributed by atoms with Crippen LogP contribution in [0.3, 0.4) is 0 Å². The van der Waals surface area contributed by atoms with Crippen molar-refractivity contribution in [1.29, 1.82) is 0 Å². The molecule has 0 bridgehead atoms. The summed E-state index contributed by atoms with van der Waals surface area (Å²) in [7, 11) is 1.60. The first kappa shape index (κ1) is 22.5. The average Bonchev–Trinajstić information content (AvgIpc) is 2.88. The molecule has 174 valence electrons. The molecular formula is C28H27ClN2O3. The van der Waals surface area contributed by atoms with Gasteiger partial charge in [-0.25, -0.2) is 0 Å². The van der Waals surface area contributed by atoms with Gasteiger partial charge in [-0.3, -0.25) is 14.5 Å². The van der Waals surface area contributed by atoms with Gasteiger partial charge in [-0.2, -0.15) is 0 Å². The van der Waals surface area contributed by atoms with Crippen LogP contribution in [0.1, 0.15) is 54.1 Å². The van der Waals surface area contributed by atoms with Crippen molar-refractivity contribution in [2.45, 2.75) is 44.2 Å². The van der Waals surface area contributed by atoms with Crippen molar-refractivity contribution in [3.05, 3.63) is 82.9 Å². The van der Waals surface area contributed by atoms with Gasteiger partial charge in [0.1, 0.15) is 11.8 Å². The minimum absolute atomic E-state index is 0.121. The molecule has 3 aromatic carbocycles. The molecule has 5 rings (SSSR count). The van der Waals surface area contributed by atoms with Gasteiger partial charge < -0.3 is 10.1 Å². The molecule has 2 amide bonds. The number of hydrogen-bond acceptors (Lipinski definition) is 3. The Labute approximate surface area is 204 Å². The molecule has 2 aliphatic rings. The number of nitrogens with one attached hydrogen (secondary N) is 1. The van der Waals surface area contributed by atoms with Crippen LogP contribution < -0.4 is 15.0 Å². The summed E-state index contributed by atoms with van der Waals surface area (Å²) in [5, 5.41) is 3.81. The lowest BCUT2D eigenvalue weighted by atomic mass is 9.86. The molecule has 0 spiro atoms. The highest BCUT2D eigenvalue weighted by molar-refractivity contribution is 6.31. The molecule has 1 atom stereocenters. The van der Waals surface area contributed by atoms with Crippen LogP contribution in [-0.4, -0.2) is 25.0 Å². The highest BCUT2D eigenvalue weighted by Crippen LogP contribution is 2.47. The first-order chi connectivity index (χ1) is 16.6. The highest BCUT2D eigenvalue weighted by atomic mass is 35.5. The predicted molar refractivity (Wildman–Crippen MR) is 134 cm³/mol. The summed E-state index contributed by atoms with van der Waals surface area (Å²) in [5.74, 6) is 0.222. The second kappa shape index (κ2) is 9.51. The number of hydrogen-bond donors (Lipinski definition) is 1. The van der Waals surface area contributed by atoms with Crippen molar-refractivity contribution in [3.8, 4) is 16.9 Å². The second-order valence-corrected chi connectivity index (χ2v) is 9.34. The fourth-order valence-corrected chi connectivity index (χ4v) is 5.26. The number of carbonyl (C=O) groups excluding carboxylic acids is 2. The lowest BCUT2D eigenvalue weighted by Gasteiger charge is -2.39. The number of methoxy groups -OCH3 is 1. The van der Waals surface area contributed by atoms with E-state index in [-0.39, 0.29) is 17.9 Å². The Hall–Kier alpha value is -3.31. The minimum Gasteiger partial charge on any atom is -0.497 e. The van der Waals surface area contributed by atoms with E-state index >= 15 is 0 Å². The van der Waals surface area contributed by atoms with E-state index in [0.717, 1.165) is 42.4 Å². The Kier molecular flexibility index (Phi) is 6.29. The molecule has 5 nitrogen and oxygen atoms in total. The average molecular weight is 475 g/mol. The molecule has 3 aromatic rings. The molecule has 1 heterocycles. The van der Waals surface area contributed by atoms with Gasteiger partial charge >= 0.3 is 0 Å². The quantitative estimate of drug-likeness (QED) is 0.492. The van der Waals surface area contributed by atoms with Crippen molar-refractivity contribution in [2.24, 2.45) is 0 Å². The maximum atomic E-state index is 13.9. The van der Waals surface area contributed by atoms with E-state index in [9.17, 15) is 9.59 Å². The van der Waals surface area contributed by atoms with Gasteiger partial charge in [0.2, 0.25) is 5.91 Å². The van der Waals surface area contributed by atoms with Gasteiger partial charge in [0.05, 0.1) is 12.8 Å². The van der Waals surface area contributed by atoms with E-state index in [2.05, 4.69) is 5.32 Å². The van der Waals surface area contributed by atoms with Crippen LogP contribution in [0.4, 0.5) is 5.69 Å². The third kappa shape index (κ3) is 4.16. The summed E-state index contributed by atoms with van der Waals surface area (Å²) >= 11 is 6.37. The van der Waals surface area contributed by atoms with Crippen molar-refractivity contribution in [1.82, 2.24) is 5.32 Å². The normalized spacial score (nSPS) is 17.5. The van der Waals surface area contributed by atoms with E-state index in [4.69, 9.17) is 16.3 Å². The lowest BCUT2D eigenvalue weighted by molar-refractivity contribution is -0.123. The lowest BCUT2D eigenvalue weighted by Crippen LogP contribution is -2.48. The second-order valence-electron chi connectivity index (χ2n) is 8.90. The van der Waals surface area contributed by atoms with E-state index in [1.165, 1.54) is 6.42 Å². The molecule has 0 radical (unpaired) electrons. The number of halogens is 1. The third-order valence-corrected chi connectivity index (χ3v) is 6.99. The molecule has 1 aliphatic heterocycles. The molecule has 34 heavy (non-hydrogen) atoms. The molecule has 1 fully saturated rings. The smallest absolute Gasteiger partial charge is 0.259 e. The molecular weight excluding hydrogens is 448 g/mol. The Morgan fingerprint density at radius 2 is 1.71 bits per heavy atom. The van der Waals surface area contributed by atoms with Crippen LogP contribution >= 0.6 is 11.6 Å². The van der Waals surface area contributed by atoms with Gasteiger partial charge in [-0.1, -0.05) is 55.1 Å². The van der Waals surface area contributed by atoms with Crippen LogP contribution in [0.15, 0.2) is 66.7 Å². The van der Waals surface area contributed by atoms with Crippen molar-refractivity contribution >= 4 is 29.1 Å². The zero-order chi connectivity index (χ0) is 23.7. The highest BCUT2D eigenvalue weighted by Gasteiger charge is 2.40. The van der Waals surface area contributed by atoms with Crippen molar-refractivity contribution in [3.63, 3.8) is 0 Å². The molecule has 1 aliphatic carbocycles. The molecule has 1 unspecified atom stereocenters. The van der Waals surface area contributed by atoms with Crippen LogP contribution in [0, 0.1) is 0 Å². The van der Waals surface area contributed by atoms with Gasteiger partial charge in [-0.05, 0) is 66.4 Å². The zero-order valence-electron chi connectivity index (χ0n) is 19.1. The summed E-state index contributed by atoms with van der Waals surface area (Å²) in [6.45, 7) is 0. The van der Waals surface area contributed by atoms with Gasteiger partial charge in [-0.15, -0.1) is 0 Å². The summed E-state index contributed by atoms with van der Waals surface area (Å²) < 4.78 is 5.49. The Bertz CT molecular complexity index is 1220. The topological polar surface area (TPSA) is 58.6 Å². The van der Waals surface area contributed by atoms with E-state index < -0.39 is 6.04 Å². The van der Waals surface area contributed by atoms with Crippen molar-refractivity contribution < 1.29 is 14.3 Å². The van der Waals surface area contributed by atoms with Gasteiger partial charge in [0, 0.05) is 22.2 Å². The molecule has 6 heteroatoms. The summed E-state index contributed by atoms with van der Waals surface area (Å²) in [6, 6.07) is 19.5. The van der Waals surface area contributed by atoms with Crippen molar-refractivity contribution in [2.75, 3.05) is 12.0 Å². The number of ether oxygens (including phenoxy) is 1. The van der Waals surface area contributed by atoms with Crippen LogP contribution in [0.25, 0.3) is 11.1 Å². The Morgan fingerprint density at radius 3 is 2.44 bits per heavy atom. The fourth-order valence-electron chi connectivity index (χ4n) is 5.08. The van der Waals surface area contributed by atoms with Crippen LogP contribution in [0.5, 0.6) is 5.75 Å². The van der Waals surface area contributed by atoms with E-state index in [0.29, 0.717) is 22.0 Å². The Balaban J connectivity index is 1.67. The minimum atomic E-state index is -0.826. The number of rotatable bonds is 4. The van der Waals surface area contributed by atoms with Gasteiger partial charge in [0.15, 0.2) is 0 Å². The maximum absolute atomic E-state index is 13.9. The van der Waals surface area contributed by atoms with E-state index in [1.54, 1.807) is 30.2 Å². The number of amides is 2. The number of anilines is 1. The number of benzene rings is 3. The Morgan fingerprint density at radius 1 is 0.941 bits per heavy atom. The standard InChI is InChI=1S/C28H27ClN2O3/c1-34-21-13-14-22-23-16-19(29)12-15-25(23)31(28(33)18-8-4-2-5-9-18)26(24(22)17-21)27(32)30-20-10-6-3-7-11-20/h2,4-5,8-9,12-17,20,26H,3,6-7,10-11H2,1H3,(H,30,32). The fraction of sp³-hybridized carbons (Fsp3) is 0.286. The largest absolute Gasteiger partial charge is 0.497 e. The molecule has 0 aromatic heterocycles. The molecule has 1 N–H and O–H groups in total. The molecule has 1 saturated carbocycles. The molecule has 0 saturated heterocycles. The van der Waals surface area contributed by atoms with Crippen LogP contribution in [0.2, 0.25) is 5.02 Å². The first-order valence-electron chi connectivity index (χ1n) is 11.7. The third-order valence-electron chi connectivity index (χ3n) is 6.76. The monoisotopic (exact) mass is 474 g/mol. The van der Waals surface area contributed by atoms with Gasteiger partial charge in [0.25, 0.3) is 5.91 Å². The summed E-state index contributed by atoms with van der Waals surface area (Å²) in [5.41, 5.74) is 3.60. The zero-order valence-corrected chi connectivity index (χ0v) is 19.8. The van der Waals surface area contributed by atoms with Crippen LogP contribution in [-0.2, 0) is 4.79 Å². The predicted octanol–water partition coefficient (Wildman–Crippen LogP) is 6.17. The summed E-state index contributed by atoms with van der Waals surface area (Å²) in [6.07, 6.45) is 5.33. The first-order valence-corrected chi connectivity index (χ1v) is 12.1. The van der Waals surface area contributed by atoms with E-state index in [1.807, 2.05) is 48.5 Å². The summed E-state index contributed by atoms with van der Waals surface area (Å²) in [4.78, 5) is 29.4. The number of nitrogens with zero attached hydrogens (tertiary/aromatic N) is 1.